The zero-order valence-electron chi connectivity index (χ0n) is 16.8. The summed E-state index contributed by atoms with van der Waals surface area (Å²) in [4.78, 5) is 13.0. The lowest BCUT2D eigenvalue weighted by atomic mass is 9.88. The molecule has 150 valence electrons. The number of benzene rings is 2. The SMILES string of the molecule is Cc1ccc2c(c1)[C@@H](NC(=O)c1cccc(NS(C)(=O)=O)c1C)CC(C)(C)O2. The largest absolute Gasteiger partial charge is 0.487 e. The Morgan fingerprint density at radius 1 is 1.18 bits per heavy atom. The number of fused-ring (bicyclic) bond motifs is 1. The minimum atomic E-state index is -3.43. The molecule has 1 amide bonds. The topological polar surface area (TPSA) is 84.5 Å². The number of nitrogens with one attached hydrogen (secondary N) is 2. The zero-order chi connectivity index (χ0) is 20.7. The van der Waals surface area contributed by atoms with Crippen molar-refractivity contribution in [2.45, 2.75) is 45.8 Å². The summed E-state index contributed by atoms with van der Waals surface area (Å²) in [5.74, 6) is 0.529. The van der Waals surface area contributed by atoms with Crippen LogP contribution in [0.15, 0.2) is 36.4 Å². The summed E-state index contributed by atoms with van der Waals surface area (Å²) in [6.07, 6.45) is 1.72. The van der Waals surface area contributed by atoms with E-state index in [0.717, 1.165) is 23.1 Å². The van der Waals surface area contributed by atoms with Crippen molar-refractivity contribution >= 4 is 21.6 Å². The third-order valence-electron chi connectivity index (χ3n) is 4.80. The predicted octanol–water partition coefficient (Wildman–Crippen LogP) is 3.71. The second-order valence-corrected chi connectivity index (χ2v) is 9.73. The highest BCUT2D eigenvalue weighted by Gasteiger charge is 2.35. The Balaban J connectivity index is 1.92. The number of carbonyl (C=O) groups excluding carboxylic acids is 1. The minimum Gasteiger partial charge on any atom is -0.487 e. The fourth-order valence-corrected chi connectivity index (χ4v) is 4.15. The number of ether oxygens (including phenoxy) is 1. The lowest BCUT2D eigenvalue weighted by Crippen LogP contribution is -2.41. The highest BCUT2D eigenvalue weighted by molar-refractivity contribution is 7.92. The van der Waals surface area contributed by atoms with E-state index >= 15 is 0 Å². The summed E-state index contributed by atoms with van der Waals surface area (Å²) in [7, 11) is -3.43. The van der Waals surface area contributed by atoms with E-state index in [1.807, 2.05) is 39.0 Å². The Morgan fingerprint density at radius 3 is 2.57 bits per heavy atom. The Morgan fingerprint density at radius 2 is 1.89 bits per heavy atom. The molecule has 0 bridgehead atoms. The Labute approximate surface area is 166 Å². The molecule has 0 radical (unpaired) electrons. The van der Waals surface area contributed by atoms with Crippen LogP contribution in [0.2, 0.25) is 0 Å². The van der Waals surface area contributed by atoms with E-state index in [9.17, 15) is 13.2 Å². The van der Waals surface area contributed by atoms with Crippen LogP contribution in [0.25, 0.3) is 0 Å². The zero-order valence-corrected chi connectivity index (χ0v) is 17.6. The van der Waals surface area contributed by atoms with Gasteiger partial charge in [0, 0.05) is 17.5 Å². The smallest absolute Gasteiger partial charge is 0.252 e. The van der Waals surface area contributed by atoms with Crippen LogP contribution >= 0.6 is 0 Å². The lowest BCUT2D eigenvalue weighted by Gasteiger charge is -2.38. The van der Waals surface area contributed by atoms with Gasteiger partial charge in [0.1, 0.15) is 11.4 Å². The van der Waals surface area contributed by atoms with Crippen molar-refractivity contribution in [1.29, 1.82) is 0 Å². The number of hydrogen-bond donors (Lipinski definition) is 2. The maximum Gasteiger partial charge on any atom is 0.252 e. The molecular weight excluding hydrogens is 376 g/mol. The maximum absolute atomic E-state index is 13.0. The van der Waals surface area contributed by atoms with Gasteiger partial charge in [0.2, 0.25) is 10.0 Å². The van der Waals surface area contributed by atoms with Crippen molar-refractivity contribution in [3.05, 3.63) is 58.7 Å². The Bertz CT molecular complexity index is 1030. The summed E-state index contributed by atoms with van der Waals surface area (Å²) < 4.78 is 31.7. The third kappa shape index (κ3) is 4.47. The number of hydrogen-bond acceptors (Lipinski definition) is 4. The first-order valence-electron chi connectivity index (χ1n) is 9.13. The molecule has 0 aromatic heterocycles. The van der Waals surface area contributed by atoms with Crippen molar-refractivity contribution in [2.24, 2.45) is 0 Å². The van der Waals surface area contributed by atoms with Crippen LogP contribution in [0.5, 0.6) is 5.75 Å². The van der Waals surface area contributed by atoms with Crippen molar-refractivity contribution in [1.82, 2.24) is 5.32 Å². The van der Waals surface area contributed by atoms with Crippen molar-refractivity contribution in [2.75, 3.05) is 11.0 Å². The number of carbonyl (C=O) groups is 1. The molecule has 2 aromatic rings. The van der Waals surface area contributed by atoms with Crippen LogP contribution in [0.1, 0.15) is 53.4 Å². The molecule has 0 saturated carbocycles. The van der Waals surface area contributed by atoms with E-state index < -0.39 is 15.6 Å². The average molecular weight is 403 g/mol. The van der Waals surface area contributed by atoms with Crippen LogP contribution in [0.4, 0.5) is 5.69 Å². The van der Waals surface area contributed by atoms with Crippen LogP contribution in [0.3, 0.4) is 0 Å². The van der Waals surface area contributed by atoms with Crippen molar-refractivity contribution in [3.63, 3.8) is 0 Å². The second kappa shape index (κ2) is 7.13. The first-order chi connectivity index (χ1) is 13.0. The van der Waals surface area contributed by atoms with Gasteiger partial charge < -0.3 is 10.1 Å². The van der Waals surface area contributed by atoms with Crippen LogP contribution < -0.4 is 14.8 Å². The van der Waals surface area contributed by atoms with Crippen LogP contribution in [-0.4, -0.2) is 26.2 Å². The van der Waals surface area contributed by atoms with Gasteiger partial charge in [-0.25, -0.2) is 8.42 Å². The first kappa shape index (κ1) is 20.2. The average Bonchev–Trinajstić information content (AvgIpc) is 2.55. The lowest BCUT2D eigenvalue weighted by molar-refractivity contribution is 0.0619. The maximum atomic E-state index is 13.0. The summed E-state index contributed by atoms with van der Waals surface area (Å²) in [6.45, 7) is 7.73. The van der Waals surface area contributed by atoms with E-state index in [2.05, 4.69) is 10.0 Å². The molecule has 0 spiro atoms. The second-order valence-electron chi connectivity index (χ2n) is 7.99. The molecule has 0 unspecified atom stereocenters. The van der Waals surface area contributed by atoms with Crippen LogP contribution in [-0.2, 0) is 10.0 Å². The molecule has 3 rings (SSSR count). The number of sulfonamides is 1. The monoisotopic (exact) mass is 402 g/mol. The molecule has 0 aliphatic carbocycles. The predicted molar refractivity (Wildman–Crippen MR) is 110 cm³/mol. The van der Waals surface area contributed by atoms with E-state index in [-0.39, 0.29) is 11.9 Å². The molecule has 0 fully saturated rings. The molecule has 28 heavy (non-hydrogen) atoms. The molecule has 1 atom stereocenters. The first-order valence-corrected chi connectivity index (χ1v) is 11.0. The van der Waals surface area contributed by atoms with Crippen LogP contribution in [0, 0.1) is 13.8 Å². The van der Waals surface area contributed by atoms with E-state index in [1.165, 1.54) is 0 Å². The quantitative estimate of drug-likeness (QED) is 0.817. The van der Waals surface area contributed by atoms with Crippen molar-refractivity contribution < 1.29 is 17.9 Å². The molecule has 1 heterocycles. The summed E-state index contributed by atoms with van der Waals surface area (Å²) in [6, 6.07) is 10.8. The van der Waals surface area contributed by atoms with Gasteiger partial charge >= 0.3 is 0 Å². The van der Waals surface area contributed by atoms with Gasteiger partial charge in [0.15, 0.2) is 0 Å². The van der Waals surface area contributed by atoms with Crippen molar-refractivity contribution in [3.8, 4) is 5.75 Å². The highest BCUT2D eigenvalue weighted by Crippen LogP contribution is 2.40. The molecule has 0 saturated heterocycles. The number of anilines is 1. The number of amides is 1. The van der Waals surface area contributed by atoms with E-state index in [0.29, 0.717) is 23.2 Å². The normalized spacial score (nSPS) is 18.0. The number of aryl methyl sites for hydroxylation is 1. The van der Waals surface area contributed by atoms with Gasteiger partial charge in [0.25, 0.3) is 5.91 Å². The molecule has 2 aromatic carbocycles. The molecular formula is C21H26N2O4S. The molecule has 6 nitrogen and oxygen atoms in total. The number of rotatable bonds is 4. The Kier molecular flexibility index (Phi) is 5.14. The molecule has 7 heteroatoms. The van der Waals surface area contributed by atoms with Gasteiger partial charge in [-0.05, 0) is 51.5 Å². The van der Waals surface area contributed by atoms with Gasteiger partial charge in [-0.2, -0.15) is 0 Å². The standard InChI is InChI=1S/C21H26N2O4S/c1-13-9-10-19-16(11-13)18(12-21(3,4)27-19)22-20(24)15-7-6-8-17(14(15)2)23-28(5,25)26/h6-11,18,23H,12H2,1-5H3,(H,22,24)/t18-/m0/s1. The summed E-state index contributed by atoms with van der Waals surface area (Å²) >= 11 is 0. The fraction of sp³-hybridized carbons (Fsp3) is 0.381. The summed E-state index contributed by atoms with van der Waals surface area (Å²) in [5, 5.41) is 3.11. The van der Waals surface area contributed by atoms with Gasteiger partial charge in [-0.15, -0.1) is 0 Å². The Hall–Kier alpha value is -2.54. The van der Waals surface area contributed by atoms with Gasteiger partial charge in [0.05, 0.1) is 18.0 Å². The highest BCUT2D eigenvalue weighted by atomic mass is 32.2. The van der Waals surface area contributed by atoms with E-state index in [1.54, 1.807) is 25.1 Å². The van der Waals surface area contributed by atoms with E-state index in [4.69, 9.17) is 4.74 Å². The van der Waals surface area contributed by atoms with Gasteiger partial charge in [-0.1, -0.05) is 23.8 Å². The molecule has 1 aliphatic rings. The fourth-order valence-electron chi connectivity index (χ4n) is 3.53. The molecule has 2 N–H and O–H groups in total. The third-order valence-corrected chi connectivity index (χ3v) is 5.39. The molecule has 1 aliphatic heterocycles. The minimum absolute atomic E-state index is 0.197. The summed E-state index contributed by atoms with van der Waals surface area (Å²) in [5.41, 5.74) is 3.06. The van der Waals surface area contributed by atoms with Gasteiger partial charge in [-0.3, -0.25) is 9.52 Å².